The molecule has 0 N–H and O–H groups in total. The second-order valence-corrected chi connectivity index (χ2v) is 3.77. The first-order chi connectivity index (χ1) is 8.00. The van der Waals surface area contributed by atoms with Gasteiger partial charge in [0.05, 0.1) is 5.56 Å². The van der Waals surface area contributed by atoms with Gasteiger partial charge in [0.25, 0.3) is 0 Å². The van der Waals surface area contributed by atoms with Gasteiger partial charge in [-0.1, -0.05) is 6.07 Å². The Morgan fingerprint density at radius 2 is 1.65 bits per heavy atom. The molecule has 4 heteroatoms. The lowest BCUT2D eigenvalue weighted by molar-refractivity contribution is 0.0981. The topological polar surface area (TPSA) is 64.3 Å². The molecule has 86 valence electrons. The third-order valence-corrected chi connectivity index (χ3v) is 2.52. The van der Waals surface area contributed by atoms with E-state index in [1.54, 1.807) is 18.2 Å². The maximum atomic E-state index is 11.6. The van der Waals surface area contributed by atoms with Gasteiger partial charge >= 0.3 is 5.63 Å². The van der Waals surface area contributed by atoms with E-state index < -0.39 is 5.63 Å². The van der Waals surface area contributed by atoms with Gasteiger partial charge in [-0.25, -0.2) is 4.79 Å². The van der Waals surface area contributed by atoms with Crippen molar-refractivity contribution in [2.45, 2.75) is 13.8 Å². The fourth-order valence-electron chi connectivity index (χ4n) is 1.78. The van der Waals surface area contributed by atoms with Crippen LogP contribution in [0.1, 0.15) is 34.6 Å². The van der Waals surface area contributed by atoms with Crippen molar-refractivity contribution < 1.29 is 14.0 Å². The maximum Gasteiger partial charge on any atom is 0.336 e. The average Bonchev–Trinajstić information content (AvgIpc) is 2.26. The summed E-state index contributed by atoms with van der Waals surface area (Å²) in [5.41, 5.74) is 0.0884. The molecule has 2 rings (SSSR count). The highest BCUT2D eigenvalue weighted by molar-refractivity contribution is 6.14. The van der Waals surface area contributed by atoms with Crippen LogP contribution < -0.4 is 5.63 Å². The number of hydrogen-bond acceptors (Lipinski definition) is 4. The van der Waals surface area contributed by atoms with Gasteiger partial charge in [-0.3, -0.25) is 9.59 Å². The third kappa shape index (κ3) is 1.89. The molecule has 4 nitrogen and oxygen atoms in total. The molecular weight excluding hydrogens is 220 g/mol. The van der Waals surface area contributed by atoms with Crippen LogP contribution in [0.5, 0.6) is 0 Å². The molecule has 0 saturated carbocycles. The molecular formula is C13H10O4. The van der Waals surface area contributed by atoms with E-state index in [4.69, 9.17) is 4.42 Å². The molecule has 0 spiro atoms. The van der Waals surface area contributed by atoms with Crippen LogP contribution in [0.3, 0.4) is 0 Å². The lowest BCUT2D eigenvalue weighted by Crippen LogP contribution is -2.07. The number of rotatable bonds is 2. The monoisotopic (exact) mass is 230 g/mol. The molecule has 0 bridgehead atoms. The van der Waals surface area contributed by atoms with Gasteiger partial charge in [0, 0.05) is 17.0 Å². The molecule has 0 saturated heterocycles. The predicted molar refractivity (Wildman–Crippen MR) is 62.5 cm³/mol. The molecule has 0 aliphatic carbocycles. The number of fused-ring (bicyclic) bond motifs is 1. The smallest absolute Gasteiger partial charge is 0.336 e. The molecule has 0 fully saturated rings. The highest BCUT2D eigenvalue weighted by atomic mass is 16.4. The van der Waals surface area contributed by atoms with Crippen LogP contribution in [0.4, 0.5) is 0 Å². The quantitative estimate of drug-likeness (QED) is 0.586. The number of Topliss-reactive ketones (excluding diaryl/α,β-unsaturated/α-hetero) is 2. The normalized spacial score (nSPS) is 10.5. The van der Waals surface area contributed by atoms with E-state index >= 15 is 0 Å². The number of benzene rings is 1. The second kappa shape index (κ2) is 3.97. The zero-order valence-corrected chi connectivity index (χ0v) is 9.44. The summed E-state index contributed by atoms with van der Waals surface area (Å²) in [6.45, 7) is 2.71. The van der Waals surface area contributed by atoms with Crippen molar-refractivity contribution in [3.8, 4) is 0 Å². The summed E-state index contributed by atoms with van der Waals surface area (Å²) in [6.07, 6.45) is 0. The fourth-order valence-corrected chi connectivity index (χ4v) is 1.78. The summed E-state index contributed by atoms with van der Waals surface area (Å²) in [7, 11) is 0. The molecule has 1 aromatic heterocycles. The van der Waals surface area contributed by atoms with E-state index in [9.17, 15) is 14.4 Å². The lowest BCUT2D eigenvalue weighted by Gasteiger charge is -2.06. The van der Waals surface area contributed by atoms with Crippen LogP contribution >= 0.6 is 0 Å². The van der Waals surface area contributed by atoms with Crippen LogP contribution in [0.2, 0.25) is 0 Å². The first kappa shape index (κ1) is 11.3. The van der Waals surface area contributed by atoms with Crippen molar-refractivity contribution in [1.29, 1.82) is 0 Å². The Morgan fingerprint density at radius 1 is 1.00 bits per heavy atom. The molecule has 0 radical (unpaired) electrons. The second-order valence-electron chi connectivity index (χ2n) is 3.77. The molecule has 0 atom stereocenters. The SMILES string of the molecule is CC(=O)c1ccc2ccc(=O)oc2c1C(C)=O. The largest absolute Gasteiger partial charge is 0.422 e. The van der Waals surface area contributed by atoms with Gasteiger partial charge in [0.15, 0.2) is 11.6 Å². The minimum absolute atomic E-state index is 0.174. The molecule has 1 heterocycles. The summed E-state index contributed by atoms with van der Waals surface area (Å²) < 4.78 is 5.02. The maximum absolute atomic E-state index is 11.6. The highest BCUT2D eigenvalue weighted by Crippen LogP contribution is 2.22. The number of carbonyl (C=O) groups excluding carboxylic acids is 2. The van der Waals surface area contributed by atoms with Crippen molar-refractivity contribution in [3.05, 3.63) is 45.8 Å². The first-order valence-corrected chi connectivity index (χ1v) is 5.09. The summed E-state index contributed by atoms with van der Waals surface area (Å²) >= 11 is 0. The summed E-state index contributed by atoms with van der Waals surface area (Å²) in [5.74, 6) is -0.529. The minimum atomic E-state index is -0.541. The van der Waals surface area contributed by atoms with Gasteiger partial charge in [-0.2, -0.15) is 0 Å². The predicted octanol–water partition coefficient (Wildman–Crippen LogP) is 2.20. The van der Waals surface area contributed by atoms with E-state index in [-0.39, 0.29) is 28.3 Å². The van der Waals surface area contributed by atoms with E-state index in [1.807, 2.05) is 0 Å². The van der Waals surface area contributed by atoms with Crippen LogP contribution in [0.25, 0.3) is 11.0 Å². The standard InChI is InChI=1S/C13H10O4/c1-7(14)10-5-3-9-4-6-11(16)17-13(9)12(10)8(2)15/h3-6H,1-2H3. The Kier molecular flexibility index (Phi) is 2.63. The first-order valence-electron chi connectivity index (χ1n) is 5.09. The van der Waals surface area contributed by atoms with Gasteiger partial charge in [0.1, 0.15) is 5.58 Å². The van der Waals surface area contributed by atoms with Gasteiger partial charge < -0.3 is 4.42 Å². The Hall–Kier alpha value is -2.23. The Balaban J connectivity index is 2.97. The summed E-state index contributed by atoms with van der Waals surface area (Å²) in [5, 5.41) is 0.625. The van der Waals surface area contributed by atoms with E-state index in [2.05, 4.69) is 0 Å². The molecule has 0 amide bonds. The van der Waals surface area contributed by atoms with Gasteiger partial charge in [0.2, 0.25) is 0 Å². The summed E-state index contributed by atoms with van der Waals surface area (Å²) in [4.78, 5) is 34.2. The average molecular weight is 230 g/mol. The Bertz CT molecular complexity index is 679. The van der Waals surface area contributed by atoms with Crippen LogP contribution in [-0.2, 0) is 0 Å². The van der Waals surface area contributed by atoms with Crippen molar-refractivity contribution in [2.24, 2.45) is 0 Å². The molecule has 0 aliphatic rings. The summed E-state index contributed by atoms with van der Waals surface area (Å²) in [6, 6.07) is 6.07. The highest BCUT2D eigenvalue weighted by Gasteiger charge is 2.16. The molecule has 17 heavy (non-hydrogen) atoms. The molecule has 0 aliphatic heterocycles. The van der Waals surface area contributed by atoms with Crippen molar-refractivity contribution in [1.82, 2.24) is 0 Å². The zero-order valence-electron chi connectivity index (χ0n) is 9.44. The minimum Gasteiger partial charge on any atom is -0.422 e. The van der Waals surface area contributed by atoms with E-state index in [1.165, 1.54) is 19.9 Å². The fraction of sp³-hybridized carbons (Fsp3) is 0.154. The van der Waals surface area contributed by atoms with Crippen molar-refractivity contribution in [3.63, 3.8) is 0 Å². The van der Waals surface area contributed by atoms with Crippen LogP contribution in [-0.4, -0.2) is 11.6 Å². The Morgan fingerprint density at radius 3 is 2.24 bits per heavy atom. The van der Waals surface area contributed by atoms with E-state index in [0.717, 1.165) is 0 Å². The number of carbonyl (C=O) groups is 2. The Labute approximate surface area is 96.9 Å². The molecule has 1 aromatic carbocycles. The lowest BCUT2D eigenvalue weighted by atomic mass is 9.98. The number of hydrogen-bond donors (Lipinski definition) is 0. The number of ketones is 2. The van der Waals surface area contributed by atoms with Crippen LogP contribution in [0, 0.1) is 0 Å². The van der Waals surface area contributed by atoms with Gasteiger partial charge in [-0.05, 0) is 26.0 Å². The van der Waals surface area contributed by atoms with Crippen molar-refractivity contribution in [2.75, 3.05) is 0 Å². The molecule has 2 aromatic rings. The molecule has 0 unspecified atom stereocenters. The van der Waals surface area contributed by atoms with Crippen molar-refractivity contribution >= 4 is 22.5 Å². The van der Waals surface area contributed by atoms with E-state index in [0.29, 0.717) is 5.39 Å². The van der Waals surface area contributed by atoms with Gasteiger partial charge in [-0.15, -0.1) is 0 Å². The van der Waals surface area contributed by atoms with Crippen LogP contribution in [0.15, 0.2) is 33.5 Å². The zero-order chi connectivity index (χ0) is 12.6. The third-order valence-electron chi connectivity index (χ3n) is 2.52.